The first-order valence-electron chi connectivity index (χ1n) is 5.31. The van der Waals surface area contributed by atoms with E-state index < -0.39 is 0 Å². The van der Waals surface area contributed by atoms with Gasteiger partial charge in [0.15, 0.2) is 0 Å². The van der Waals surface area contributed by atoms with Crippen molar-refractivity contribution in [1.82, 2.24) is 9.55 Å². The Labute approximate surface area is 104 Å². The summed E-state index contributed by atoms with van der Waals surface area (Å²) in [6.45, 7) is 0.685. The van der Waals surface area contributed by atoms with Crippen LogP contribution in [0.3, 0.4) is 0 Å². The van der Waals surface area contributed by atoms with E-state index in [1.54, 1.807) is 12.3 Å². The maximum atomic E-state index is 13.1. The van der Waals surface area contributed by atoms with Crippen molar-refractivity contribution in [1.29, 1.82) is 0 Å². The van der Waals surface area contributed by atoms with E-state index in [4.69, 9.17) is 11.6 Å². The van der Waals surface area contributed by atoms with E-state index in [0.29, 0.717) is 17.3 Å². The third-order valence-electron chi connectivity index (χ3n) is 2.46. The fourth-order valence-corrected chi connectivity index (χ4v) is 1.83. The topological polar surface area (TPSA) is 29.9 Å². The molecule has 2 aromatic rings. The van der Waals surface area contributed by atoms with Crippen LogP contribution in [-0.4, -0.2) is 16.1 Å². The zero-order chi connectivity index (χ0) is 12.3. The van der Waals surface area contributed by atoms with Crippen LogP contribution in [0.4, 0.5) is 10.1 Å². The maximum Gasteiger partial charge on any atom is 0.126 e. The predicted octanol–water partition coefficient (Wildman–Crippen LogP) is 2.87. The molecule has 90 valence electrons. The molecule has 1 aromatic carbocycles. The highest BCUT2D eigenvalue weighted by Crippen LogP contribution is 2.17. The average Bonchev–Trinajstić information content (AvgIpc) is 2.63. The lowest BCUT2D eigenvalue weighted by molar-refractivity contribution is 0.628. The molecule has 0 atom stereocenters. The van der Waals surface area contributed by atoms with E-state index in [-0.39, 0.29) is 5.82 Å². The highest BCUT2D eigenvalue weighted by molar-refractivity contribution is 6.30. The van der Waals surface area contributed by atoms with Gasteiger partial charge in [-0.15, -0.1) is 0 Å². The Hall–Kier alpha value is -1.55. The second-order valence-electron chi connectivity index (χ2n) is 3.79. The average molecular weight is 254 g/mol. The van der Waals surface area contributed by atoms with E-state index in [9.17, 15) is 4.39 Å². The summed E-state index contributed by atoms with van der Waals surface area (Å²) < 4.78 is 15.0. The van der Waals surface area contributed by atoms with Crippen LogP contribution in [0.1, 0.15) is 5.82 Å². The number of aryl methyl sites for hydroxylation is 1. The van der Waals surface area contributed by atoms with Crippen molar-refractivity contribution in [2.75, 3.05) is 11.9 Å². The van der Waals surface area contributed by atoms with Crippen molar-refractivity contribution in [2.24, 2.45) is 7.05 Å². The Bertz CT molecular complexity index is 490. The number of halogens is 2. The molecule has 5 heteroatoms. The Morgan fingerprint density at radius 1 is 1.41 bits per heavy atom. The minimum atomic E-state index is -0.336. The van der Waals surface area contributed by atoms with Crippen LogP contribution in [0.25, 0.3) is 0 Å². The first kappa shape index (κ1) is 11.9. The van der Waals surface area contributed by atoms with Gasteiger partial charge in [0.25, 0.3) is 0 Å². The Morgan fingerprint density at radius 2 is 2.24 bits per heavy atom. The lowest BCUT2D eigenvalue weighted by Crippen LogP contribution is -2.08. The number of hydrogen-bond donors (Lipinski definition) is 1. The lowest BCUT2D eigenvalue weighted by Gasteiger charge is -2.07. The number of nitrogens with one attached hydrogen (secondary N) is 1. The normalized spacial score (nSPS) is 10.5. The van der Waals surface area contributed by atoms with Crippen LogP contribution in [0.15, 0.2) is 30.6 Å². The molecule has 0 fully saturated rings. The molecule has 0 bridgehead atoms. The maximum absolute atomic E-state index is 13.1. The second kappa shape index (κ2) is 5.19. The minimum absolute atomic E-state index is 0.336. The van der Waals surface area contributed by atoms with Gasteiger partial charge in [0.2, 0.25) is 0 Å². The molecule has 0 radical (unpaired) electrons. The molecule has 1 heterocycles. The van der Waals surface area contributed by atoms with Gasteiger partial charge in [-0.2, -0.15) is 0 Å². The van der Waals surface area contributed by atoms with Gasteiger partial charge in [0.05, 0.1) is 0 Å². The summed E-state index contributed by atoms with van der Waals surface area (Å²) in [5.41, 5.74) is 0.684. The quantitative estimate of drug-likeness (QED) is 0.908. The van der Waals surface area contributed by atoms with Crippen LogP contribution in [-0.2, 0) is 13.5 Å². The van der Waals surface area contributed by atoms with E-state index in [1.165, 1.54) is 12.1 Å². The van der Waals surface area contributed by atoms with E-state index in [1.807, 2.05) is 17.8 Å². The Balaban J connectivity index is 1.92. The molecule has 0 unspecified atom stereocenters. The smallest absolute Gasteiger partial charge is 0.126 e. The van der Waals surface area contributed by atoms with Gasteiger partial charge in [0, 0.05) is 43.1 Å². The number of hydrogen-bond acceptors (Lipinski definition) is 2. The molecule has 0 aliphatic heterocycles. The number of aromatic nitrogens is 2. The van der Waals surface area contributed by atoms with Gasteiger partial charge in [0.1, 0.15) is 11.6 Å². The molecule has 0 spiro atoms. The summed E-state index contributed by atoms with van der Waals surface area (Å²) in [6.07, 6.45) is 4.43. The molecule has 1 aromatic heterocycles. The van der Waals surface area contributed by atoms with Crippen molar-refractivity contribution in [3.05, 3.63) is 47.3 Å². The number of rotatable bonds is 4. The van der Waals surface area contributed by atoms with E-state index >= 15 is 0 Å². The van der Waals surface area contributed by atoms with Crippen LogP contribution in [0, 0.1) is 5.82 Å². The summed E-state index contributed by atoms with van der Waals surface area (Å²) in [6, 6.07) is 4.40. The van der Waals surface area contributed by atoms with Crippen molar-refractivity contribution in [3.8, 4) is 0 Å². The molecule has 0 amide bonds. The number of anilines is 1. The fraction of sp³-hybridized carbons (Fsp3) is 0.250. The van der Waals surface area contributed by atoms with Gasteiger partial charge >= 0.3 is 0 Å². The summed E-state index contributed by atoms with van der Waals surface area (Å²) in [5, 5.41) is 3.51. The molecule has 0 aliphatic carbocycles. The molecule has 0 saturated heterocycles. The SMILES string of the molecule is Cn1ccnc1CCNc1cc(F)cc(Cl)c1. The first-order chi connectivity index (χ1) is 8.15. The van der Waals surface area contributed by atoms with Crippen LogP contribution in [0.2, 0.25) is 5.02 Å². The molecule has 2 rings (SSSR count). The van der Waals surface area contributed by atoms with Gasteiger partial charge < -0.3 is 9.88 Å². The summed E-state index contributed by atoms with van der Waals surface area (Å²) >= 11 is 5.76. The van der Waals surface area contributed by atoms with Gasteiger partial charge in [-0.1, -0.05) is 11.6 Å². The predicted molar refractivity (Wildman–Crippen MR) is 66.8 cm³/mol. The van der Waals surface area contributed by atoms with Gasteiger partial charge in [-0.3, -0.25) is 0 Å². The van der Waals surface area contributed by atoms with Crippen LogP contribution in [0.5, 0.6) is 0 Å². The van der Waals surface area contributed by atoms with Gasteiger partial charge in [-0.05, 0) is 18.2 Å². The summed E-state index contributed by atoms with van der Waals surface area (Å²) in [5.74, 6) is 0.650. The van der Waals surface area contributed by atoms with Crippen molar-refractivity contribution < 1.29 is 4.39 Å². The fourth-order valence-electron chi connectivity index (χ4n) is 1.61. The van der Waals surface area contributed by atoms with Crippen LogP contribution < -0.4 is 5.32 Å². The number of benzene rings is 1. The second-order valence-corrected chi connectivity index (χ2v) is 4.23. The summed E-state index contributed by atoms with van der Waals surface area (Å²) in [4.78, 5) is 4.20. The van der Waals surface area contributed by atoms with Gasteiger partial charge in [-0.25, -0.2) is 9.37 Å². The molecule has 17 heavy (non-hydrogen) atoms. The third-order valence-corrected chi connectivity index (χ3v) is 2.68. The Kier molecular flexibility index (Phi) is 3.64. The first-order valence-corrected chi connectivity index (χ1v) is 5.69. The largest absolute Gasteiger partial charge is 0.384 e. The molecule has 0 aliphatic rings. The van der Waals surface area contributed by atoms with E-state index in [0.717, 1.165) is 12.2 Å². The third kappa shape index (κ3) is 3.20. The van der Waals surface area contributed by atoms with E-state index in [2.05, 4.69) is 10.3 Å². The zero-order valence-electron chi connectivity index (χ0n) is 9.45. The Morgan fingerprint density at radius 3 is 2.88 bits per heavy atom. The molecule has 1 N–H and O–H groups in total. The molecular formula is C12H13ClFN3. The number of imidazole rings is 1. The zero-order valence-corrected chi connectivity index (χ0v) is 10.2. The highest BCUT2D eigenvalue weighted by Gasteiger charge is 2.01. The molecule has 3 nitrogen and oxygen atoms in total. The van der Waals surface area contributed by atoms with Crippen molar-refractivity contribution in [3.63, 3.8) is 0 Å². The molecular weight excluding hydrogens is 241 g/mol. The van der Waals surface area contributed by atoms with Crippen LogP contribution >= 0.6 is 11.6 Å². The van der Waals surface area contributed by atoms with Crippen molar-refractivity contribution in [2.45, 2.75) is 6.42 Å². The number of nitrogens with zero attached hydrogens (tertiary/aromatic N) is 2. The summed E-state index contributed by atoms with van der Waals surface area (Å²) in [7, 11) is 1.95. The van der Waals surface area contributed by atoms with Crippen molar-refractivity contribution >= 4 is 17.3 Å². The standard InChI is InChI=1S/C12H13ClFN3/c1-17-5-4-16-12(17)2-3-15-11-7-9(13)6-10(14)8-11/h4-8,15H,2-3H2,1H3. The highest BCUT2D eigenvalue weighted by atomic mass is 35.5. The lowest BCUT2D eigenvalue weighted by atomic mass is 10.3. The monoisotopic (exact) mass is 253 g/mol. The molecule has 0 saturated carbocycles. The minimum Gasteiger partial charge on any atom is -0.384 e.